The molecule has 2 aromatic carbocycles. The number of rotatable bonds is 7. The number of carbonyl (C=O) groups is 1. The Bertz CT molecular complexity index is 772. The van der Waals surface area contributed by atoms with E-state index < -0.39 is 0 Å². The highest BCUT2D eigenvalue weighted by molar-refractivity contribution is 5.77. The number of nitrogens with zero attached hydrogens (tertiary/aromatic N) is 1. The molecule has 0 spiro atoms. The van der Waals surface area contributed by atoms with Gasteiger partial charge in [-0.2, -0.15) is 0 Å². The number of fused-ring (bicyclic) bond motifs is 1. The quantitative estimate of drug-likeness (QED) is 0.818. The molecule has 4 rings (SSSR count). The molecule has 1 N–H and O–H groups in total. The second kappa shape index (κ2) is 8.44. The van der Waals surface area contributed by atoms with Crippen LogP contribution in [0.15, 0.2) is 48.5 Å². The van der Waals surface area contributed by atoms with Crippen molar-refractivity contribution in [3.63, 3.8) is 0 Å². The van der Waals surface area contributed by atoms with Gasteiger partial charge in [0.25, 0.3) is 0 Å². The lowest BCUT2D eigenvalue weighted by atomic mass is 9.88. The molecule has 0 saturated carbocycles. The van der Waals surface area contributed by atoms with Gasteiger partial charge in [0.2, 0.25) is 12.7 Å². The van der Waals surface area contributed by atoms with E-state index in [1.54, 1.807) is 0 Å². The van der Waals surface area contributed by atoms with Crippen LogP contribution in [0.25, 0.3) is 0 Å². The molecule has 1 fully saturated rings. The Labute approximate surface area is 160 Å². The van der Waals surface area contributed by atoms with Gasteiger partial charge in [-0.3, -0.25) is 4.79 Å². The van der Waals surface area contributed by atoms with E-state index in [0.29, 0.717) is 13.0 Å². The van der Waals surface area contributed by atoms with Crippen LogP contribution in [0.3, 0.4) is 0 Å². The lowest BCUT2D eigenvalue weighted by Crippen LogP contribution is -2.34. The van der Waals surface area contributed by atoms with Crippen LogP contribution < -0.4 is 14.8 Å². The maximum absolute atomic E-state index is 12.6. The summed E-state index contributed by atoms with van der Waals surface area (Å²) >= 11 is 0. The zero-order chi connectivity index (χ0) is 18.5. The molecular formula is C22H26N2O3. The van der Waals surface area contributed by atoms with Gasteiger partial charge in [0.1, 0.15) is 0 Å². The van der Waals surface area contributed by atoms with E-state index in [9.17, 15) is 4.79 Å². The normalized spacial score (nSPS) is 17.0. The molecule has 5 nitrogen and oxygen atoms in total. The van der Waals surface area contributed by atoms with Crippen molar-refractivity contribution in [2.45, 2.75) is 25.2 Å². The Balaban J connectivity index is 1.44. The summed E-state index contributed by atoms with van der Waals surface area (Å²) in [6, 6.07) is 16.1. The summed E-state index contributed by atoms with van der Waals surface area (Å²) in [4.78, 5) is 15.0. The van der Waals surface area contributed by atoms with Crippen molar-refractivity contribution in [2.75, 3.05) is 33.0 Å². The van der Waals surface area contributed by atoms with Gasteiger partial charge in [0.15, 0.2) is 11.5 Å². The first kappa shape index (κ1) is 17.9. The summed E-state index contributed by atoms with van der Waals surface area (Å²) in [7, 11) is 0. The third-order valence-corrected chi connectivity index (χ3v) is 5.34. The molecule has 1 amide bonds. The molecular weight excluding hydrogens is 340 g/mol. The summed E-state index contributed by atoms with van der Waals surface area (Å²) in [6.07, 6.45) is 2.96. The van der Waals surface area contributed by atoms with Gasteiger partial charge in [-0.05, 0) is 49.2 Å². The van der Waals surface area contributed by atoms with Gasteiger partial charge in [-0.15, -0.1) is 0 Å². The average Bonchev–Trinajstić information content (AvgIpc) is 3.38. The van der Waals surface area contributed by atoms with E-state index >= 15 is 0 Å². The standard InChI is InChI=1S/C22H26N2O3/c25-22(23-10-13-24-11-4-5-12-24)15-19(17-6-2-1-3-7-17)18-8-9-20-21(14-18)27-16-26-20/h1-3,6-9,14,19H,4-5,10-13,15-16H2,(H,23,25). The molecule has 0 bridgehead atoms. The fourth-order valence-electron chi connectivity index (χ4n) is 3.86. The van der Waals surface area contributed by atoms with Crippen LogP contribution in [-0.2, 0) is 4.79 Å². The molecule has 2 aliphatic heterocycles. The summed E-state index contributed by atoms with van der Waals surface area (Å²) in [6.45, 7) is 4.21. The molecule has 0 aromatic heterocycles. The molecule has 27 heavy (non-hydrogen) atoms. The Hall–Kier alpha value is -2.53. The van der Waals surface area contributed by atoms with Crippen LogP contribution in [-0.4, -0.2) is 43.8 Å². The van der Waals surface area contributed by atoms with Crippen LogP contribution in [0.5, 0.6) is 11.5 Å². The first-order chi connectivity index (χ1) is 13.3. The van der Waals surface area contributed by atoms with Crippen molar-refractivity contribution in [1.82, 2.24) is 10.2 Å². The number of benzene rings is 2. The number of hydrogen-bond donors (Lipinski definition) is 1. The monoisotopic (exact) mass is 366 g/mol. The highest BCUT2D eigenvalue weighted by Gasteiger charge is 2.22. The molecule has 1 atom stereocenters. The van der Waals surface area contributed by atoms with E-state index in [0.717, 1.165) is 42.3 Å². The van der Waals surface area contributed by atoms with Crippen molar-refractivity contribution in [3.05, 3.63) is 59.7 Å². The predicted octanol–water partition coefficient (Wildman–Crippen LogP) is 3.15. The van der Waals surface area contributed by atoms with Crippen LogP contribution in [0.4, 0.5) is 0 Å². The van der Waals surface area contributed by atoms with Crippen LogP contribution >= 0.6 is 0 Å². The lowest BCUT2D eigenvalue weighted by Gasteiger charge is -2.19. The van der Waals surface area contributed by atoms with Crippen LogP contribution in [0.2, 0.25) is 0 Å². The van der Waals surface area contributed by atoms with Gasteiger partial charge in [0, 0.05) is 25.4 Å². The zero-order valence-electron chi connectivity index (χ0n) is 15.5. The molecule has 1 saturated heterocycles. The smallest absolute Gasteiger partial charge is 0.231 e. The van der Waals surface area contributed by atoms with Crippen molar-refractivity contribution in [2.24, 2.45) is 0 Å². The topological polar surface area (TPSA) is 50.8 Å². The maximum Gasteiger partial charge on any atom is 0.231 e. The average molecular weight is 366 g/mol. The number of ether oxygens (including phenoxy) is 2. The Morgan fingerprint density at radius 3 is 2.59 bits per heavy atom. The molecule has 2 heterocycles. The van der Waals surface area contributed by atoms with Crippen molar-refractivity contribution >= 4 is 5.91 Å². The van der Waals surface area contributed by atoms with Crippen LogP contribution in [0.1, 0.15) is 36.3 Å². The minimum Gasteiger partial charge on any atom is -0.454 e. The van der Waals surface area contributed by atoms with E-state index in [-0.39, 0.29) is 18.6 Å². The molecule has 0 radical (unpaired) electrons. The highest BCUT2D eigenvalue weighted by Crippen LogP contribution is 2.37. The first-order valence-corrected chi connectivity index (χ1v) is 9.73. The predicted molar refractivity (Wildman–Crippen MR) is 104 cm³/mol. The lowest BCUT2D eigenvalue weighted by molar-refractivity contribution is -0.121. The minimum absolute atomic E-state index is 0.00696. The summed E-state index contributed by atoms with van der Waals surface area (Å²) in [5, 5.41) is 3.10. The molecule has 5 heteroatoms. The SMILES string of the molecule is O=C(CC(c1ccccc1)c1ccc2c(c1)OCO2)NCCN1CCCC1. The second-order valence-electron chi connectivity index (χ2n) is 7.18. The largest absolute Gasteiger partial charge is 0.454 e. The molecule has 1 unspecified atom stereocenters. The third kappa shape index (κ3) is 4.42. The summed E-state index contributed by atoms with van der Waals surface area (Å²) in [5.41, 5.74) is 2.20. The Kier molecular flexibility index (Phi) is 5.58. The van der Waals surface area contributed by atoms with Gasteiger partial charge in [-0.1, -0.05) is 36.4 Å². The fraction of sp³-hybridized carbons (Fsp3) is 0.409. The minimum atomic E-state index is -0.00696. The van der Waals surface area contributed by atoms with Crippen molar-refractivity contribution < 1.29 is 14.3 Å². The maximum atomic E-state index is 12.6. The van der Waals surface area contributed by atoms with Gasteiger partial charge < -0.3 is 19.7 Å². The van der Waals surface area contributed by atoms with Crippen LogP contribution in [0, 0.1) is 0 Å². The second-order valence-corrected chi connectivity index (χ2v) is 7.18. The molecule has 2 aromatic rings. The fourth-order valence-corrected chi connectivity index (χ4v) is 3.86. The third-order valence-electron chi connectivity index (χ3n) is 5.34. The van der Waals surface area contributed by atoms with Crippen molar-refractivity contribution in [3.8, 4) is 11.5 Å². The number of hydrogen-bond acceptors (Lipinski definition) is 4. The number of carbonyl (C=O) groups excluding carboxylic acids is 1. The molecule has 2 aliphatic rings. The first-order valence-electron chi connectivity index (χ1n) is 9.73. The van der Waals surface area contributed by atoms with E-state index in [1.807, 2.05) is 36.4 Å². The number of likely N-dealkylation sites (tertiary alicyclic amines) is 1. The molecule has 142 valence electrons. The van der Waals surface area contributed by atoms with E-state index in [2.05, 4.69) is 22.3 Å². The van der Waals surface area contributed by atoms with E-state index in [1.165, 1.54) is 12.8 Å². The number of amides is 1. The van der Waals surface area contributed by atoms with Crippen molar-refractivity contribution in [1.29, 1.82) is 0 Å². The summed E-state index contributed by atoms with van der Waals surface area (Å²) in [5.74, 6) is 1.59. The Morgan fingerprint density at radius 2 is 1.78 bits per heavy atom. The number of nitrogens with one attached hydrogen (secondary N) is 1. The summed E-state index contributed by atoms with van der Waals surface area (Å²) < 4.78 is 10.9. The van der Waals surface area contributed by atoms with E-state index in [4.69, 9.17) is 9.47 Å². The highest BCUT2D eigenvalue weighted by atomic mass is 16.7. The molecule has 0 aliphatic carbocycles. The van der Waals surface area contributed by atoms with Gasteiger partial charge in [0.05, 0.1) is 0 Å². The Morgan fingerprint density at radius 1 is 1.00 bits per heavy atom. The van der Waals surface area contributed by atoms with Gasteiger partial charge in [-0.25, -0.2) is 0 Å². The zero-order valence-corrected chi connectivity index (χ0v) is 15.5. The van der Waals surface area contributed by atoms with Gasteiger partial charge >= 0.3 is 0 Å².